The first-order chi connectivity index (χ1) is 9.35. The number of amides is 1. The molecule has 1 heterocycles. The van der Waals surface area contributed by atoms with Crippen molar-refractivity contribution < 1.29 is 4.79 Å². The highest BCUT2D eigenvalue weighted by molar-refractivity contribution is 5.99. The van der Waals surface area contributed by atoms with Crippen LogP contribution >= 0.6 is 0 Å². The van der Waals surface area contributed by atoms with Crippen LogP contribution in [0.25, 0.3) is 0 Å². The number of allylic oxidation sites excluding steroid dienone is 1. The Kier molecular flexibility index (Phi) is 5.67. The lowest BCUT2D eigenvalue weighted by molar-refractivity contribution is -0.122. The topological polar surface area (TPSA) is 65.8 Å². The first-order valence-electron chi connectivity index (χ1n) is 6.96. The van der Waals surface area contributed by atoms with Crippen LogP contribution in [0.4, 0.5) is 0 Å². The molecule has 0 bridgehead atoms. The van der Waals surface area contributed by atoms with E-state index in [-0.39, 0.29) is 11.8 Å². The Hall–Kier alpha value is -1.91. The van der Waals surface area contributed by atoms with Crippen molar-refractivity contribution in [3.8, 4) is 0 Å². The zero-order valence-corrected chi connectivity index (χ0v) is 12.9. The smallest absolute Gasteiger partial charge is 0.229 e. The van der Waals surface area contributed by atoms with Gasteiger partial charge in [-0.2, -0.15) is 0 Å². The van der Waals surface area contributed by atoms with Gasteiger partial charge in [-0.3, -0.25) is 15.1 Å². The third kappa shape index (κ3) is 4.33. The SMILES string of the molecule is C=C1NC(NC(=O)C(C)C)=NC(C)=C1N=CC(C)CC. The highest BCUT2D eigenvalue weighted by Crippen LogP contribution is 2.18. The maximum atomic E-state index is 11.7. The molecule has 0 aromatic carbocycles. The van der Waals surface area contributed by atoms with Gasteiger partial charge in [-0.05, 0) is 19.3 Å². The summed E-state index contributed by atoms with van der Waals surface area (Å²) < 4.78 is 0. The van der Waals surface area contributed by atoms with Crippen LogP contribution in [0, 0.1) is 11.8 Å². The van der Waals surface area contributed by atoms with E-state index >= 15 is 0 Å². The Morgan fingerprint density at radius 1 is 1.50 bits per heavy atom. The molecule has 0 fully saturated rings. The second-order valence-corrected chi connectivity index (χ2v) is 5.31. The molecular weight excluding hydrogens is 252 g/mol. The fraction of sp³-hybridized carbons (Fsp3) is 0.533. The zero-order chi connectivity index (χ0) is 15.3. The maximum Gasteiger partial charge on any atom is 0.229 e. The second-order valence-electron chi connectivity index (χ2n) is 5.31. The van der Waals surface area contributed by atoms with Crippen molar-refractivity contribution in [2.75, 3.05) is 0 Å². The van der Waals surface area contributed by atoms with E-state index in [1.165, 1.54) is 0 Å². The van der Waals surface area contributed by atoms with Gasteiger partial charge in [-0.25, -0.2) is 4.99 Å². The molecule has 1 aliphatic rings. The molecule has 1 atom stereocenters. The van der Waals surface area contributed by atoms with Crippen LogP contribution in [-0.2, 0) is 4.79 Å². The third-order valence-electron chi connectivity index (χ3n) is 3.05. The predicted molar refractivity (Wildman–Crippen MR) is 83.3 cm³/mol. The Balaban J connectivity index is 2.88. The maximum absolute atomic E-state index is 11.7. The number of aliphatic imine (C=N–C) groups is 2. The van der Waals surface area contributed by atoms with Crippen molar-refractivity contribution in [2.45, 2.75) is 41.0 Å². The number of nitrogens with zero attached hydrogens (tertiary/aromatic N) is 2. The molecule has 20 heavy (non-hydrogen) atoms. The molecule has 0 aliphatic carbocycles. The van der Waals surface area contributed by atoms with E-state index in [0.717, 1.165) is 17.8 Å². The molecule has 1 aliphatic heterocycles. The first-order valence-corrected chi connectivity index (χ1v) is 6.96. The molecule has 110 valence electrons. The molecule has 0 aromatic rings. The van der Waals surface area contributed by atoms with Gasteiger partial charge in [0.1, 0.15) is 5.70 Å². The van der Waals surface area contributed by atoms with Crippen LogP contribution in [0.15, 0.2) is 33.7 Å². The van der Waals surface area contributed by atoms with Gasteiger partial charge in [0.05, 0.1) is 11.4 Å². The predicted octanol–water partition coefficient (Wildman–Crippen LogP) is 2.58. The minimum absolute atomic E-state index is 0.0802. The van der Waals surface area contributed by atoms with Gasteiger partial charge in [0.15, 0.2) is 0 Å². The monoisotopic (exact) mass is 276 g/mol. The number of nitrogens with one attached hydrogen (secondary N) is 2. The fourth-order valence-electron chi connectivity index (χ4n) is 1.47. The molecule has 0 saturated heterocycles. The van der Waals surface area contributed by atoms with Crippen LogP contribution in [0.5, 0.6) is 0 Å². The van der Waals surface area contributed by atoms with E-state index in [1.807, 2.05) is 27.0 Å². The minimum atomic E-state index is -0.0955. The zero-order valence-electron chi connectivity index (χ0n) is 12.9. The number of rotatable bonds is 4. The van der Waals surface area contributed by atoms with Crippen molar-refractivity contribution in [3.63, 3.8) is 0 Å². The van der Waals surface area contributed by atoms with E-state index in [9.17, 15) is 4.79 Å². The molecule has 5 heteroatoms. The Labute approximate surface area is 121 Å². The average molecular weight is 276 g/mol. The Bertz CT molecular complexity index is 486. The van der Waals surface area contributed by atoms with E-state index in [0.29, 0.717) is 17.6 Å². The minimum Gasteiger partial charge on any atom is -0.324 e. The van der Waals surface area contributed by atoms with Crippen LogP contribution in [0.1, 0.15) is 41.0 Å². The molecule has 5 nitrogen and oxygen atoms in total. The molecule has 2 N–H and O–H groups in total. The van der Waals surface area contributed by atoms with E-state index in [1.54, 1.807) is 0 Å². The molecule has 1 amide bonds. The summed E-state index contributed by atoms with van der Waals surface area (Å²) in [5.74, 6) is 0.646. The van der Waals surface area contributed by atoms with Crippen LogP contribution in [0.2, 0.25) is 0 Å². The van der Waals surface area contributed by atoms with Gasteiger partial charge >= 0.3 is 0 Å². The molecular formula is C15H24N4O. The quantitative estimate of drug-likeness (QED) is 0.775. The summed E-state index contributed by atoms with van der Waals surface area (Å²) in [7, 11) is 0. The van der Waals surface area contributed by atoms with Crippen LogP contribution in [-0.4, -0.2) is 18.1 Å². The number of carbonyl (C=O) groups excluding carboxylic acids is 1. The molecule has 0 aromatic heterocycles. The van der Waals surface area contributed by atoms with Crippen molar-refractivity contribution in [1.29, 1.82) is 0 Å². The van der Waals surface area contributed by atoms with Gasteiger partial charge in [-0.15, -0.1) is 0 Å². The van der Waals surface area contributed by atoms with Crippen molar-refractivity contribution in [3.05, 3.63) is 23.7 Å². The highest BCUT2D eigenvalue weighted by Gasteiger charge is 2.17. The fourth-order valence-corrected chi connectivity index (χ4v) is 1.47. The van der Waals surface area contributed by atoms with Gasteiger partial charge in [0.25, 0.3) is 0 Å². The number of hydrogen-bond donors (Lipinski definition) is 2. The Morgan fingerprint density at radius 2 is 2.15 bits per heavy atom. The summed E-state index contributed by atoms with van der Waals surface area (Å²) in [6.07, 6.45) is 2.94. The second kappa shape index (κ2) is 7.03. The summed E-state index contributed by atoms with van der Waals surface area (Å²) in [5.41, 5.74) is 2.12. The van der Waals surface area contributed by atoms with E-state index in [4.69, 9.17) is 0 Å². The van der Waals surface area contributed by atoms with E-state index in [2.05, 4.69) is 41.0 Å². The summed E-state index contributed by atoms with van der Waals surface area (Å²) in [6, 6.07) is 0. The molecule has 0 radical (unpaired) electrons. The number of guanidine groups is 1. The first kappa shape index (κ1) is 16.1. The molecule has 1 unspecified atom stereocenters. The van der Waals surface area contributed by atoms with Gasteiger partial charge in [0, 0.05) is 12.1 Å². The van der Waals surface area contributed by atoms with Crippen molar-refractivity contribution in [2.24, 2.45) is 21.8 Å². The average Bonchev–Trinajstić information content (AvgIpc) is 2.37. The normalized spacial score (nSPS) is 17.3. The van der Waals surface area contributed by atoms with Gasteiger partial charge in [-0.1, -0.05) is 34.3 Å². The largest absolute Gasteiger partial charge is 0.324 e. The van der Waals surface area contributed by atoms with Crippen molar-refractivity contribution >= 4 is 18.1 Å². The molecule has 0 saturated carbocycles. The summed E-state index contributed by atoms with van der Waals surface area (Å²) in [5, 5.41) is 5.71. The third-order valence-corrected chi connectivity index (χ3v) is 3.05. The van der Waals surface area contributed by atoms with Crippen LogP contribution in [0.3, 0.4) is 0 Å². The lowest BCUT2D eigenvalue weighted by Gasteiger charge is -2.20. The summed E-state index contributed by atoms with van der Waals surface area (Å²) in [6.45, 7) is 13.7. The molecule has 0 spiro atoms. The summed E-state index contributed by atoms with van der Waals surface area (Å²) >= 11 is 0. The van der Waals surface area contributed by atoms with E-state index < -0.39 is 0 Å². The standard InChI is InChI=1S/C15H24N4O/c1-7-10(4)8-16-13-11(5)17-15(18-12(13)6)19-14(20)9(2)3/h8-10H,5,7H2,1-4,6H3,(H2,17,18,19,20). The Morgan fingerprint density at radius 3 is 2.65 bits per heavy atom. The van der Waals surface area contributed by atoms with Gasteiger partial charge in [0.2, 0.25) is 11.9 Å². The number of hydrogen-bond acceptors (Lipinski definition) is 4. The van der Waals surface area contributed by atoms with Crippen LogP contribution < -0.4 is 10.6 Å². The van der Waals surface area contributed by atoms with Gasteiger partial charge < -0.3 is 5.32 Å². The lowest BCUT2D eigenvalue weighted by atomic mass is 10.1. The summed E-state index contributed by atoms with van der Waals surface area (Å²) in [4.78, 5) is 20.4. The molecule has 1 rings (SSSR count). The lowest BCUT2D eigenvalue weighted by Crippen LogP contribution is -2.43. The van der Waals surface area contributed by atoms with Crippen molar-refractivity contribution in [1.82, 2.24) is 10.6 Å². The number of carbonyl (C=O) groups is 1. The highest BCUT2D eigenvalue weighted by atomic mass is 16.2.